The Labute approximate surface area is 106 Å². The van der Waals surface area contributed by atoms with Gasteiger partial charge in [-0.05, 0) is 53.2 Å². The van der Waals surface area contributed by atoms with Crippen molar-refractivity contribution in [1.29, 1.82) is 0 Å². The molecule has 1 N–H and O–H groups in total. The first kappa shape index (κ1) is 13.3. The monoisotopic (exact) mass is 240 g/mol. The number of rotatable bonds is 5. The minimum absolute atomic E-state index is 0.379. The Morgan fingerprint density at radius 1 is 0.882 bits per heavy atom. The highest BCUT2D eigenvalue weighted by Crippen LogP contribution is 2.37. The predicted octanol–water partition coefficient (Wildman–Crippen LogP) is 1.71. The molecule has 2 aliphatic rings. The maximum Gasteiger partial charge on any atom is 0.0774 e. The Hall–Kier alpha value is -0.120. The van der Waals surface area contributed by atoms with Crippen LogP contribution in [0.4, 0.5) is 0 Å². The van der Waals surface area contributed by atoms with Gasteiger partial charge < -0.3 is 14.9 Å². The lowest BCUT2D eigenvalue weighted by Gasteiger charge is -2.50. The maximum absolute atomic E-state index is 10.4. The Morgan fingerprint density at radius 2 is 1.47 bits per heavy atom. The molecule has 3 heteroatoms. The number of likely N-dealkylation sites (N-methyl/N-ethyl adjacent to an activating group) is 2. The molecular formula is C14H28N2O. The van der Waals surface area contributed by atoms with Crippen LogP contribution in [0.2, 0.25) is 0 Å². The highest BCUT2D eigenvalue weighted by Gasteiger charge is 2.41. The second-order valence-corrected chi connectivity index (χ2v) is 6.58. The van der Waals surface area contributed by atoms with Crippen molar-refractivity contribution in [2.45, 2.75) is 56.1 Å². The molecule has 3 nitrogen and oxygen atoms in total. The van der Waals surface area contributed by atoms with Gasteiger partial charge in [0.05, 0.1) is 5.60 Å². The summed E-state index contributed by atoms with van der Waals surface area (Å²) in [5.41, 5.74) is -0.0181. The topological polar surface area (TPSA) is 26.7 Å². The number of hydrogen-bond acceptors (Lipinski definition) is 3. The van der Waals surface area contributed by atoms with Gasteiger partial charge in [0.1, 0.15) is 0 Å². The summed E-state index contributed by atoms with van der Waals surface area (Å²) in [6, 6.07) is 0. The number of hydrogen-bond donors (Lipinski definition) is 1. The molecule has 0 amide bonds. The highest BCUT2D eigenvalue weighted by molar-refractivity contribution is 4.99. The molecular weight excluding hydrogens is 212 g/mol. The van der Waals surface area contributed by atoms with Gasteiger partial charge in [-0.3, -0.25) is 0 Å². The number of nitrogens with zero attached hydrogens (tertiary/aromatic N) is 2. The summed E-state index contributed by atoms with van der Waals surface area (Å²) in [5.74, 6) is 0. The molecule has 0 radical (unpaired) electrons. The smallest absolute Gasteiger partial charge is 0.0774 e. The van der Waals surface area contributed by atoms with Gasteiger partial charge >= 0.3 is 0 Å². The zero-order valence-corrected chi connectivity index (χ0v) is 11.7. The van der Waals surface area contributed by atoms with Gasteiger partial charge in [-0.15, -0.1) is 0 Å². The van der Waals surface area contributed by atoms with Crippen LogP contribution in [0.3, 0.4) is 0 Å². The molecule has 0 heterocycles. The van der Waals surface area contributed by atoms with Gasteiger partial charge in [-0.2, -0.15) is 0 Å². The summed E-state index contributed by atoms with van der Waals surface area (Å²) in [6.07, 6.45) is 8.35. The molecule has 0 atom stereocenters. The van der Waals surface area contributed by atoms with E-state index in [0.717, 1.165) is 25.9 Å². The van der Waals surface area contributed by atoms with E-state index in [-0.39, 0.29) is 0 Å². The molecule has 0 aromatic heterocycles. The largest absolute Gasteiger partial charge is 0.389 e. The molecule has 2 aliphatic carbocycles. The summed E-state index contributed by atoms with van der Waals surface area (Å²) >= 11 is 0. The molecule has 0 aromatic rings. The van der Waals surface area contributed by atoms with E-state index < -0.39 is 5.60 Å². The third-order valence-electron chi connectivity index (χ3n) is 4.90. The maximum atomic E-state index is 10.4. The van der Waals surface area contributed by atoms with Gasteiger partial charge in [-0.1, -0.05) is 12.8 Å². The fourth-order valence-corrected chi connectivity index (χ4v) is 3.58. The van der Waals surface area contributed by atoms with Gasteiger partial charge in [0.15, 0.2) is 0 Å². The van der Waals surface area contributed by atoms with E-state index in [9.17, 15) is 5.11 Å². The second kappa shape index (κ2) is 4.87. The van der Waals surface area contributed by atoms with Gasteiger partial charge in [0, 0.05) is 18.6 Å². The summed E-state index contributed by atoms with van der Waals surface area (Å²) in [7, 11) is 6.55. The van der Waals surface area contributed by atoms with Crippen molar-refractivity contribution in [2.75, 3.05) is 34.2 Å². The molecule has 0 saturated heterocycles. The van der Waals surface area contributed by atoms with E-state index in [1.165, 1.54) is 32.1 Å². The molecule has 2 fully saturated rings. The third kappa shape index (κ3) is 2.83. The van der Waals surface area contributed by atoms with Crippen molar-refractivity contribution in [2.24, 2.45) is 0 Å². The van der Waals surface area contributed by atoms with Crippen molar-refractivity contribution in [3.8, 4) is 0 Å². The fourth-order valence-electron chi connectivity index (χ4n) is 3.58. The summed E-state index contributed by atoms with van der Waals surface area (Å²) in [5, 5.41) is 10.4. The van der Waals surface area contributed by atoms with E-state index in [0.29, 0.717) is 5.54 Å². The first-order valence-electron chi connectivity index (χ1n) is 7.04. The molecule has 0 aromatic carbocycles. The van der Waals surface area contributed by atoms with Crippen LogP contribution in [-0.2, 0) is 0 Å². The average Bonchev–Trinajstić information content (AvgIpc) is 2.57. The van der Waals surface area contributed by atoms with Crippen molar-refractivity contribution in [1.82, 2.24) is 9.80 Å². The van der Waals surface area contributed by atoms with Crippen molar-refractivity contribution < 1.29 is 5.11 Å². The summed E-state index contributed by atoms with van der Waals surface area (Å²) in [4.78, 5) is 4.73. The molecule has 0 spiro atoms. The van der Waals surface area contributed by atoms with Crippen molar-refractivity contribution in [3.05, 3.63) is 0 Å². The van der Waals surface area contributed by atoms with Crippen LogP contribution in [0.25, 0.3) is 0 Å². The summed E-state index contributed by atoms with van der Waals surface area (Å²) < 4.78 is 0. The molecule has 0 unspecified atom stereocenters. The second-order valence-electron chi connectivity index (χ2n) is 6.58. The van der Waals surface area contributed by atoms with Crippen LogP contribution in [-0.4, -0.2) is 60.3 Å². The SMILES string of the molecule is CN(CC1(O)CCCC1)CC1(N(C)C)CCC1. The quantitative estimate of drug-likeness (QED) is 0.792. The van der Waals surface area contributed by atoms with Crippen LogP contribution in [0.5, 0.6) is 0 Å². The highest BCUT2D eigenvalue weighted by atomic mass is 16.3. The third-order valence-corrected chi connectivity index (χ3v) is 4.90. The lowest BCUT2D eigenvalue weighted by molar-refractivity contribution is -0.0191. The van der Waals surface area contributed by atoms with Crippen LogP contribution < -0.4 is 0 Å². The summed E-state index contributed by atoms with van der Waals surface area (Å²) in [6.45, 7) is 1.95. The minimum atomic E-state index is -0.397. The molecule has 100 valence electrons. The first-order chi connectivity index (χ1) is 7.96. The molecule has 17 heavy (non-hydrogen) atoms. The van der Waals surface area contributed by atoms with E-state index >= 15 is 0 Å². The Morgan fingerprint density at radius 3 is 1.88 bits per heavy atom. The van der Waals surface area contributed by atoms with E-state index in [2.05, 4.69) is 30.9 Å². The fraction of sp³-hybridized carbons (Fsp3) is 1.00. The van der Waals surface area contributed by atoms with Crippen LogP contribution in [0, 0.1) is 0 Å². The normalized spacial score (nSPS) is 26.5. The van der Waals surface area contributed by atoms with Crippen molar-refractivity contribution >= 4 is 0 Å². The van der Waals surface area contributed by atoms with E-state index in [4.69, 9.17) is 0 Å². The zero-order chi connectivity index (χ0) is 12.5. The standard InChI is InChI=1S/C14H28N2O/c1-15(2)13(7-6-8-13)11-16(3)12-14(17)9-4-5-10-14/h17H,4-12H2,1-3H3. The number of aliphatic hydroxyl groups is 1. The Kier molecular flexibility index (Phi) is 3.81. The van der Waals surface area contributed by atoms with Crippen LogP contribution in [0.15, 0.2) is 0 Å². The van der Waals surface area contributed by atoms with Crippen molar-refractivity contribution in [3.63, 3.8) is 0 Å². The Balaban J connectivity index is 1.86. The molecule has 2 saturated carbocycles. The average molecular weight is 240 g/mol. The van der Waals surface area contributed by atoms with E-state index in [1.807, 2.05) is 0 Å². The minimum Gasteiger partial charge on any atom is -0.389 e. The van der Waals surface area contributed by atoms with Gasteiger partial charge in [0.2, 0.25) is 0 Å². The zero-order valence-electron chi connectivity index (χ0n) is 11.7. The van der Waals surface area contributed by atoms with Crippen LogP contribution >= 0.6 is 0 Å². The van der Waals surface area contributed by atoms with E-state index in [1.54, 1.807) is 0 Å². The van der Waals surface area contributed by atoms with Gasteiger partial charge in [0.25, 0.3) is 0 Å². The first-order valence-corrected chi connectivity index (χ1v) is 7.04. The predicted molar refractivity (Wildman–Crippen MR) is 71.2 cm³/mol. The Bertz CT molecular complexity index is 255. The lowest BCUT2D eigenvalue weighted by atomic mass is 9.75. The van der Waals surface area contributed by atoms with Crippen LogP contribution in [0.1, 0.15) is 44.9 Å². The van der Waals surface area contributed by atoms with Gasteiger partial charge in [-0.25, -0.2) is 0 Å². The lowest BCUT2D eigenvalue weighted by Crippen LogP contribution is -2.58. The molecule has 0 bridgehead atoms. The molecule has 2 rings (SSSR count). The molecule has 0 aliphatic heterocycles.